The Morgan fingerprint density at radius 3 is 2.64 bits per heavy atom. The van der Waals surface area contributed by atoms with E-state index in [0.717, 1.165) is 47.7 Å². The van der Waals surface area contributed by atoms with Crippen molar-refractivity contribution in [3.8, 4) is 10.7 Å². The van der Waals surface area contributed by atoms with E-state index in [4.69, 9.17) is 0 Å². The number of likely N-dealkylation sites (tertiary alicyclic amines) is 1. The first kappa shape index (κ1) is 19.2. The second-order valence-corrected chi connectivity index (χ2v) is 9.10. The molecule has 3 aromatic rings. The van der Waals surface area contributed by atoms with E-state index in [1.165, 1.54) is 17.3 Å². The number of hydrogen-bond acceptors (Lipinski definition) is 5. The number of aromatic nitrogens is 3. The standard InChI is InChI=1S/C21H24N4OS2/c1-16-9-11-24(12-10-16)19(26)15-28-21-23-22-20(18-8-5-13-27-18)25(21)14-17-6-3-2-4-7-17/h2-8,13,16H,9-12,14-15H2,1H3. The van der Waals surface area contributed by atoms with Crippen molar-refractivity contribution in [1.29, 1.82) is 0 Å². The number of carbonyl (C=O) groups is 1. The van der Waals surface area contributed by atoms with Crippen LogP contribution in [0.15, 0.2) is 53.0 Å². The molecule has 1 aliphatic rings. The number of benzene rings is 1. The fourth-order valence-corrected chi connectivity index (χ4v) is 4.93. The SMILES string of the molecule is CC1CCN(C(=O)CSc2nnc(-c3cccs3)n2Cc2ccccc2)CC1. The van der Waals surface area contributed by atoms with Crippen molar-refractivity contribution >= 4 is 29.0 Å². The molecule has 1 fully saturated rings. The minimum Gasteiger partial charge on any atom is -0.342 e. The molecule has 1 saturated heterocycles. The fraction of sp³-hybridized carbons (Fsp3) is 0.381. The summed E-state index contributed by atoms with van der Waals surface area (Å²) in [6.07, 6.45) is 2.20. The van der Waals surface area contributed by atoms with E-state index >= 15 is 0 Å². The van der Waals surface area contributed by atoms with Gasteiger partial charge in [-0.3, -0.25) is 9.36 Å². The number of rotatable bonds is 6. The minimum absolute atomic E-state index is 0.198. The van der Waals surface area contributed by atoms with Crippen molar-refractivity contribution in [3.63, 3.8) is 0 Å². The van der Waals surface area contributed by atoms with Crippen molar-refractivity contribution in [2.24, 2.45) is 5.92 Å². The molecule has 0 unspecified atom stereocenters. The quantitative estimate of drug-likeness (QED) is 0.563. The maximum Gasteiger partial charge on any atom is 0.233 e. The largest absolute Gasteiger partial charge is 0.342 e. The van der Waals surface area contributed by atoms with Gasteiger partial charge in [0.15, 0.2) is 11.0 Å². The van der Waals surface area contributed by atoms with Crippen LogP contribution < -0.4 is 0 Å². The molecule has 28 heavy (non-hydrogen) atoms. The zero-order valence-electron chi connectivity index (χ0n) is 16.0. The monoisotopic (exact) mass is 412 g/mol. The highest BCUT2D eigenvalue weighted by atomic mass is 32.2. The van der Waals surface area contributed by atoms with Crippen LogP contribution in [0.3, 0.4) is 0 Å². The Labute approximate surface area is 173 Å². The Morgan fingerprint density at radius 2 is 1.93 bits per heavy atom. The normalized spacial score (nSPS) is 15.1. The number of thioether (sulfide) groups is 1. The Balaban J connectivity index is 1.51. The van der Waals surface area contributed by atoms with E-state index in [0.29, 0.717) is 12.3 Å². The molecule has 0 aliphatic carbocycles. The highest BCUT2D eigenvalue weighted by molar-refractivity contribution is 7.99. The van der Waals surface area contributed by atoms with Crippen molar-refractivity contribution in [2.75, 3.05) is 18.8 Å². The smallest absolute Gasteiger partial charge is 0.233 e. The molecule has 0 saturated carbocycles. The van der Waals surface area contributed by atoms with E-state index in [1.54, 1.807) is 11.3 Å². The van der Waals surface area contributed by atoms with E-state index in [2.05, 4.69) is 39.9 Å². The summed E-state index contributed by atoms with van der Waals surface area (Å²) in [5.74, 6) is 2.19. The van der Waals surface area contributed by atoms with E-state index in [-0.39, 0.29) is 5.91 Å². The number of carbonyl (C=O) groups excluding carboxylic acids is 1. The van der Waals surface area contributed by atoms with Crippen LogP contribution in [-0.4, -0.2) is 44.4 Å². The minimum atomic E-state index is 0.198. The molecule has 1 aromatic carbocycles. The summed E-state index contributed by atoms with van der Waals surface area (Å²) in [6.45, 7) is 4.70. The Hall–Kier alpha value is -2.12. The molecular formula is C21H24N4OS2. The zero-order chi connectivity index (χ0) is 19.3. The number of thiophene rings is 1. The molecule has 1 aliphatic heterocycles. The van der Waals surface area contributed by atoms with E-state index in [1.807, 2.05) is 34.5 Å². The summed E-state index contributed by atoms with van der Waals surface area (Å²) >= 11 is 3.14. The second-order valence-electron chi connectivity index (χ2n) is 7.21. The molecule has 0 atom stereocenters. The number of amides is 1. The summed E-state index contributed by atoms with van der Waals surface area (Å²) in [4.78, 5) is 15.7. The van der Waals surface area contributed by atoms with E-state index < -0.39 is 0 Å². The van der Waals surface area contributed by atoms with Gasteiger partial charge in [-0.05, 0) is 35.8 Å². The maximum absolute atomic E-state index is 12.6. The van der Waals surface area contributed by atoms with Crippen LogP contribution in [0.25, 0.3) is 10.7 Å². The van der Waals surface area contributed by atoms with Crippen LogP contribution in [-0.2, 0) is 11.3 Å². The first-order chi connectivity index (χ1) is 13.7. The molecular weight excluding hydrogens is 388 g/mol. The maximum atomic E-state index is 12.6. The lowest BCUT2D eigenvalue weighted by atomic mass is 9.99. The molecule has 0 N–H and O–H groups in total. The zero-order valence-corrected chi connectivity index (χ0v) is 17.6. The Kier molecular flexibility index (Phi) is 6.12. The van der Waals surface area contributed by atoms with Gasteiger partial charge < -0.3 is 4.90 Å². The van der Waals surface area contributed by atoms with Crippen LogP contribution in [0, 0.1) is 5.92 Å². The third-order valence-corrected chi connectivity index (χ3v) is 6.92. The molecule has 0 bridgehead atoms. The van der Waals surface area contributed by atoms with Crippen molar-refractivity contribution in [3.05, 3.63) is 53.4 Å². The van der Waals surface area contributed by atoms with Gasteiger partial charge in [0.2, 0.25) is 5.91 Å². The molecule has 146 valence electrons. The molecule has 1 amide bonds. The molecule has 7 heteroatoms. The molecule has 5 nitrogen and oxygen atoms in total. The highest BCUT2D eigenvalue weighted by Gasteiger charge is 2.22. The lowest BCUT2D eigenvalue weighted by molar-refractivity contribution is -0.129. The molecule has 0 spiro atoms. The first-order valence-corrected chi connectivity index (χ1v) is 11.5. The predicted molar refractivity (Wildman–Crippen MR) is 115 cm³/mol. The van der Waals surface area contributed by atoms with Crippen LogP contribution in [0.5, 0.6) is 0 Å². The lowest BCUT2D eigenvalue weighted by Gasteiger charge is -2.30. The fourth-order valence-electron chi connectivity index (χ4n) is 3.37. The molecule has 2 aromatic heterocycles. The van der Waals surface area contributed by atoms with Gasteiger partial charge in [-0.25, -0.2) is 0 Å². The highest BCUT2D eigenvalue weighted by Crippen LogP contribution is 2.28. The Bertz CT molecular complexity index is 900. The van der Waals surface area contributed by atoms with Crippen molar-refractivity contribution in [2.45, 2.75) is 31.5 Å². The lowest BCUT2D eigenvalue weighted by Crippen LogP contribution is -2.38. The Morgan fingerprint density at radius 1 is 1.14 bits per heavy atom. The van der Waals surface area contributed by atoms with Crippen LogP contribution >= 0.6 is 23.1 Å². The van der Waals surface area contributed by atoms with Crippen molar-refractivity contribution < 1.29 is 4.79 Å². The molecule has 3 heterocycles. The van der Waals surface area contributed by atoms with Gasteiger partial charge in [-0.1, -0.05) is 55.1 Å². The average molecular weight is 413 g/mol. The van der Waals surface area contributed by atoms with Gasteiger partial charge in [0, 0.05) is 13.1 Å². The third-order valence-electron chi connectivity index (χ3n) is 5.10. The van der Waals surface area contributed by atoms with Crippen LogP contribution in [0.1, 0.15) is 25.3 Å². The summed E-state index contributed by atoms with van der Waals surface area (Å²) in [6, 6.07) is 14.4. The van der Waals surface area contributed by atoms with Crippen LogP contribution in [0.2, 0.25) is 0 Å². The molecule has 4 rings (SSSR count). The first-order valence-electron chi connectivity index (χ1n) is 9.62. The van der Waals surface area contributed by atoms with E-state index in [9.17, 15) is 4.79 Å². The van der Waals surface area contributed by atoms with Gasteiger partial charge >= 0.3 is 0 Å². The summed E-state index contributed by atoms with van der Waals surface area (Å²) in [5, 5.41) is 11.7. The van der Waals surface area contributed by atoms with Crippen molar-refractivity contribution in [1.82, 2.24) is 19.7 Å². The number of piperidine rings is 1. The third kappa shape index (κ3) is 4.47. The second kappa shape index (κ2) is 8.92. The summed E-state index contributed by atoms with van der Waals surface area (Å²) < 4.78 is 2.12. The molecule has 0 radical (unpaired) electrons. The van der Waals surface area contributed by atoms with Gasteiger partial charge in [0.1, 0.15) is 0 Å². The van der Waals surface area contributed by atoms with Gasteiger partial charge in [-0.2, -0.15) is 0 Å². The summed E-state index contributed by atoms with van der Waals surface area (Å²) in [7, 11) is 0. The summed E-state index contributed by atoms with van der Waals surface area (Å²) in [5.41, 5.74) is 1.19. The predicted octanol–water partition coefficient (Wildman–Crippen LogP) is 4.41. The number of nitrogens with zero attached hydrogens (tertiary/aromatic N) is 4. The van der Waals surface area contributed by atoms with Crippen LogP contribution in [0.4, 0.5) is 0 Å². The van der Waals surface area contributed by atoms with Gasteiger partial charge in [0.05, 0.1) is 17.2 Å². The van der Waals surface area contributed by atoms with Gasteiger partial charge in [-0.15, -0.1) is 21.5 Å². The number of hydrogen-bond donors (Lipinski definition) is 0. The average Bonchev–Trinajstić information content (AvgIpc) is 3.37. The van der Waals surface area contributed by atoms with Gasteiger partial charge in [0.25, 0.3) is 0 Å². The topological polar surface area (TPSA) is 51.0 Å².